The van der Waals surface area contributed by atoms with Crippen molar-refractivity contribution < 1.29 is 43.3 Å². The van der Waals surface area contributed by atoms with Gasteiger partial charge in [0.2, 0.25) is 5.91 Å². The van der Waals surface area contributed by atoms with Crippen LogP contribution >= 0.6 is 11.8 Å². The molecule has 2 aliphatic heterocycles. The van der Waals surface area contributed by atoms with Crippen molar-refractivity contribution in [3.8, 4) is 5.75 Å². The van der Waals surface area contributed by atoms with Gasteiger partial charge in [-0.1, -0.05) is 48.5 Å². The molecule has 0 aromatic heterocycles. The fourth-order valence-electron chi connectivity index (χ4n) is 5.15. The van der Waals surface area contributed by atoms with Crippen molar-refractivity contribution in [3.05, 3.63) is 118 Å². The number of aliphatic carboxylic acids is 1. The maximum atomic E-state index is 13.6. The lowest BCUT2D eigenvalue weighted by atomic mass is 10.0. The number of β-lactam (4-membered cyclic amide) rings is 1. The molecule has 2 aliphatic rings. The molecule has 0 aliphatic carbocycles. The molecule has 2 heterocycles. The van der Waals surface area contributed by atoms with E-state index in [0.29, 0.717) is 22.4 Å². The van der Waals surface area contributed by atoms with Crippen molar-refractivity contribution in [2.75, 3.05) is 19.5 Å². The van der Waals surface area contributed by atoms with Crippen LogP contribution in [0.1, 0.15) is 44.8 Å². The van der Waals surface area contributed by atoms with Crippen molar-refractivity contribution in [2.24, 2.45) is 0 Å². The zero-order valence-electron chi connectivity index (χ0n) is 25.9. The Morgan fingerprint density at radius 2 is 1.65 bits per heavy atom. The number of fused-ring (bicyclic) bond motifs is 1. The quantitative estimate of drug-likeness (QED) is 0.113. The summed E-state index contributed by atoms with van der Waals surface area (Å²) < 4.78 is 10.1. The molecule has 3 atom stereocenters. The second-order valence-corrected chi connectivity index (χ2v) is 11.9. The summed E-state index contributed by atoms with van der Waals surface area (Å²) in [5, 5.41) is 14.5. The van der Waals surface area contributed by atoms with Crippen molar-refractivity contribution in [1.29, 1.82) is 0 Å². The number of allylic oxidation sites excluding steroid dienone is 1. The standard InChI is InChI=1S/C35H31N3O9S/c1-20(39)47-18-25-19-48-34-29(33(43)38(34)30(25)35(44)45)37-32(42)28(23-6-4-3-5-7-23)36-31(41)24-11-8-21(9-12-24)10-17-27(40)22-13-15-26(46-2)16-14-22/h3-17,28-29,34H,18-19H2,1-2H3,(H,36,41)(H,37,42)(H,44,45)/t28?,29-,34-/m1/s1. The maximum absolute atomic E-state index is 13.6. The number of hydrogen-bond donors (Lipinski definition) is 3. The third kappa shape index (κ3) is 7.47. The second kappa shape index (κ2) is 14.8. The van der Waals surface area contributed by atoms with Gasteiger partial charge in [0.15, 0.2) is 5.78 Å². The predicted molar refractivity (Wildman–Crippen MR) is 176 cm³/mol. The van der Waals surface area contributed by atoms with Gasteiger partial charge in [-0.3, -0.25) is 28.9 Å². The van der Waals surface area contributed by atoms with Gasteiger partial charge in [0.25, 0.3) is 11.8 Å². The number of ketones is 1. The average molecular weight is 670 g/mol. The van der Waals surface area contributed by atoms with Crippen LogP contribution in [0.15, 0.2) is 96.2 Å². The SMILES string of the molecule is COc1ccc(C(=O)C=Cc2ccc(C(=O)NC(C(=O)N[C@@H]3C(=O)N4C(C(=O)O)=C(COC(C)=O)CS[C@H]34)c3ccccc3)cc2)cc1. The Labute approximate surface area is 279 Å². The van der Waals surface area contributed by atoms with Crippen molar-refractivity contribution >= 4 is 53.3 Å². The lowest BCUT2D eigenvalue weighted by Crippen LogP contribution is -2.71. The summed E-state index contributed by atoms with van der Waals surface area (Å²) >= 11 is 1.23. The highest BCUT2D eigenvalue weighted by molar-refractivity contribution is 8.00. The van der Waals surface area contributed by atoms with E-state index in [1.54, 1.807) is 92.0 Å². The molecule has 0 spiro atoms. The minimum Gasteiger partial charge on any atom is -0.497 e. The minimum absolute atomic E-state index is 0.176. The van der Waals surface area contributed by atoms with E-state index in [1.165, 1.54) is 24.8 Å². The van der Waals surface area contributed by atoms with Crippen LogP contribution < -0.4 is 15.4 Å². The van der Waals surface area contributed by atoms with Crippen LogP contribution in [0.4, 0.5) is 0 Å². The summed E-state index contributed by atoms with van der Waals surface area (Å²) in [7, 11) is 1.54. The van der Waals surface area contributed by atoms with Gasteiger partial charge < -0.3 is 25.2 Å². The van der Waals surface area contributed by atoms with Crippen LogP contribution in [0.3, 0.4) is 0 Å². The molecule has 3 aromatic rings. The third-order valence-corrected chi connectivity index (χ3v) is 8.98. The molecule has 1 fully saturated rings. The van der Waals surface area contributed by atoms with Gasteiger partial charge in [-0.05, 0) is 53.6 Å². The highest BCUT2D eigenvalue weighted by Gasteiger charge is 2.54. The van der Waals surface area contributed by atoms with Gasteiger partial charge in [0, 0.05) is 29.4 Å². The van der Waals surface area contributed by atoms with Gasteiger partial charge in [-0.2, -0.15) is 0 Å². The number of ether oxygens (including phenoxy) is 2. The number of nitrogens with zero attached hydrogens (tertiary/aromatic N) is 1. The number of thioether (sulfide) groups is 1. The number of carboxylic acids is 1. The first-order valence-electron chi connectivity index (χ1n) is 14.7. The Morgan fingerprint density at radius 3 is 2.27 bits per heavy atom. The highest BCUT2D eigenvalue weighted by Crippen LogP contribution is 2.40. The minimum atomic E-state index is -1.35. The van der Waals surface area contributed by atoms with E-state index in [2.05, 4.69) is 10.6 Å². The van der Waals surface area contributed by atoms with Crippen LogP contribution in [0, 0.1) is 0 Å². The van der Waals surface area contributed by atoms with Crippen molar-refractivity contribution in [2.45, 2.75) is 24.4 Å². The Kier molecular flexibility index (Phi) is 10.4. The molecule has 0 saturated carbocycles. The molecule has 13 heteroatoms. The maximum Gasteiger partial charge on any atom is 0.352 e. The summed E-state index contributed by atoms with van der Waals surface area (Å²) in [6.45, 7) is 0.933. The van der Waals surface area contributed by atoms with E-state index < -0.39 is 47.1 Å². The van der Waals surface area contributed by atoms with E-state index in [0.717, 1.165) is 4.90 Å². The fraction of sp³-hybridized carbons (Fsp3) is 0.200. The molecule has 1 saturated heterocycles. The van der Waals surface area contributed by atoms with Crippen molar-refractivity contribution in [1.82, 2.24) is 15.5 Å². The van der Waals surface area contributed by atoms with Crippen LogP contribution in [0.2, 0.25) is 0 Å². The molecule has 1 unspecified atom stereocenters. The molecule has 48 heavy (non-hydrogen) atoms. The number of methoxy groups -OCH3 is 1. The number of rotatable bonds is 12. The topological polar surface area (TPSA) is 168 Å². The molecular formula is C35H31N3O9S. The first kappa shape index (κ1) is 33.7. The first-order valence-corrected chi connectivity index (χ1v) is 15.8. The summed E-state index contributed by atoms with van der Waals surface area (Å²) in [6.07, 6.45) is 3.05. The van der Waals surface area contributed by atoms with Crippen LogP contribution in [0.25, 0.3) is 6.08 Å². The second-order valence-electron chi connectivity index (χ2n) is 10.8. The lowest BCUT2D eigenvalue weighted by molar-refractivity contribution is -0.151. The predicted octanol–water partition coefficient (Wildman–Crippen LogP) is 3.36. The van der Waals surface area contributed by atoms with Crippen LogP contribution in [0.5, 0.6) is 5.75 Å². The lowest BCUT2D eigenvalue weighted by Gasteiger charge is -2.49. The summed E-state index contributed by atoms with van der Waals surface area (Å²) in [5.41, 5.74) is 1.90. The Hall–Kier alpha value is -5.69. The molecule has 0 radical (unpaired) electrons. The first-order chi connectivity index (χ1) is 23.1. The molecule has 5 rings (SSSR count). The number of esters is 1. The normalized spacial score (nSPS) is 17.5. The molecular weight excluding hydrogens is 638 g/mol. The average Bonchev–Trinajstić information content (AvgIpc) is 3.10. The van der Waals surface area contributed by atoms with Gasteiger partial charge >= 0.3 is 11.9 Å². The monoisotopic (exact) mass is 669 g/mol. The van der Waals surface area contributed by atoms with Crippen LogP contribution in [-0.4, -0.2) is 76.3 Å². The van der Waals surface area contributed by atoms with Crippen LogP contribution in [-0.2, 0) is 23.9 Å². The number of carboxylic acid groups (broad SMARTS) is 1. The summed E-state index contributed by atoms with van der Waals surface area (Å²) in [6, 6.07) is 19.4. The summed E-state index contributed by atoms with van der Waals surface area (Å²) in [5.74, 6) is -3.16. The van der Waals surface area contributed by atoms with E-state index in [4.69, 9.17) is 9.47 Å². The molecule has 3 amide bonds. The zero-order valence-corrected chi connectivity index (χ0v) is 26.7. The Bertz CT molecular complexity index is 1800. The largest absolute Gasteiger partial charge is 0.497 e. The van der Waals surface area contributed by atoms with E-state index in [1.807, 2.05) is 0 Å². The third-order valence-electron chi connectivity index (χ3n) is 7.64. The highest BCUT2D eigenvalue weighted by atomic mass is 32.2. The Morgan fingerprint density at radius 1 is 0.979 bits per heavy atom. The number of carbonyl (C=O) groups is 6. The number of hydrogen-bond acceptors (Lipinski definition) is 9. The molecule has 3 N–H and O–H groups in total. The fourth-order valence-corrected chi connectivity index (χ4v) is 6.48. The van der Waals surface area contributed by atoms with E-state index >= 15 is 0 Å². The van der Waals surface area contributed by atoms with Crippen molar-refractivity contribution in [3.63, 3.8) is 0 Å². The summed E-state index contributed by atoms with van der Waals surface area (Å²) in [4.78, 5) is 77.0. The number of benzene rings is 3. The zero-order chi connectivity index (χ0) is 34.4. The van der Waals surface area contributed by atoms with Gasteiger partial charge in [-0.15, -0.1) is 11.8 Å². The van der Waals surface area contributed by atoms with E-state index in [-0.39, 0.29) is 35.0 Å². The van der Waals surface area contributed by atoms with Gasteiger partial charge in [0.1, 0.15) is 35.5 Å². The number of carbonyl (C=O) groups excluding carboxylic acids is 5. The smallest absolute Gasteiger partial charge is 0.352 e. The molecule has 0 bridgehead atoms. The van der Waals surface area contributed by atoms with Gasteiger partial charge in [0.05, 0.1) is 7.11 Å². The van der Waals surface area contributed by atoms with Gasteiger partial charge in [-0.25, -0.2) is 4.79 Å². The Balaban J connectivity index is 1.26. The number of nitrogens with one attached hydrogen (secondary N) is 2. The van der Waals surface area contributed by atoms with E-state index in [9.17, 15) is 33.9 Å². The molecule has 12 nitrogen and oxygen atoms in total. The molecule has 3 aromatic carbocycles. The number of amides is 3. The molecule has 246 valence electrons.